The number of methoxy groups -OCH3 is 2. The molecule has 0 aromatic heterocycles. The molecule has 0 fully saturated rings. The second kappa shape index (κ2) is 15.8. The zero-order valence-corrected chi connectivity index (χ0v) is 16.5. The van der Waals surface area contributed by atoms with E-state index in [4.69, 9.17) is 9.47 Å². The first-order valence-electron chi connectivity index (χ1n) is 5.66. The summed E-state index contributed by atoms with van der Waals surface area (Å²) in [7, 11) is -14.7. The van der Waals surface area contributed by atoms with Crippen LogP contribution in [0.1, 0.15) is 1.43 Å². The summed E-state index contributed by atoms with van der Waals surface area (Å²) in [4.78, 5) is 0. The van der Waals surface area contributed by atoms with Crippen LogP contribution in [0, 0.1) is 0 Å². The summed E-state index contributed by atoms with van der Waals surface area (Å²) in [5.74, 6) is 1.64. The van der Waals surface area contributed by atoms with Crippen LogP contribution in [-0.4, -0.2) is 36.0 Å². The minimum Gasteiger partial charge on any atom is -1.00 e. The van der Waals surface area contributed by atoms with Gasteiger partial charge in [-0.1, -0.05) is 6.07 Å². The second-order valence-electron chi connectivity index (χ2n) is 3.37. The van der Waals surface area contributed by atoms with Gasteiger partial charge in [0, 0.05) is 6.07 Å². The Morgan fingerprint density at radius 1 is 0.615 bits per heavy atom. The number of rotatable bonds is 2. The molecular formula is C8H11B3F12KO2-3. The third kappa shape index (κ3) is 65.0. The molecule has 0 radical (unpaired) electrons. The van der Waals surface area contributed by atoms with E-state index in [9.17, 15) is 51.8 Å². The summed E-state index contributed by atoms with van der Waals surface area (Å²) in [6.07, 6.45) is 0. The summed E-state index contributed by atoms with van der Waals surface area (Å²) >= 11 is 0. The van der Waals surface area contributed by atoms with Gasteiger partial charge in [0.1, 0.15) is 11.5 Å². The molecule has 0 unspecified atom stereocenters. The molecule has 152 valence electrons. The van der Waals surface area contributed by atoms with Crippen LogP contribution in [0.15, 0.2) is 24.3 Å². The largest absolute Gasteiger partial charge is 1.00 e. The van der Waals surface area contributed by atoms with Crippen LogP contribution in [0.2, 0.25) is 0 Å². The van der Waals surface area contributed by atoms with Crippen molar-refractivity contribution in [2.24, 2.45) is 0 Å². The fourth-order valence-electron chi connectivity index (χ4n) is 0.728. The average molecular weight is 439 g/mol. The first-order valence-corrected chi connectivity index (χ1v) is 5.66. The van der Waals surface area contributed by atoms with Crippen molar-refractivity contribution < 1.29 is 114 Å². The quantitative estimate of drug-likeness (QED) is 0.522. The Labute approximate surface area is 184 Å². The Morgan fingerprint density at radius 3 is 0.962 bits per heavy atom. The number of benzene rings is 1. The molecule has 1 rings (SSSR count). The Hall–Kier alpha value is -0.189. The van der Waals surface area contributed by atoms with Crippen molar-refractivity contribution in [3.8, 4) is 11.5 Å². The zero-order chi connectivity index (χ0) is 20.9. The maximum atomic E-state index is 9.75. The minimum atomic E-state index is -6.00. The van der Waals surface area contributed by atoms with E-state index in [2.05, 4.69) is 0 Å². The van der Waals surface area contributed by atoms with E-state index >= 15 is 0 Å². The van der Waals surface area contributed by atoms with E-state index in [0.29, 0.717) is 0 Å². The molecule has 0 atom stereocenters. The SMILES string of the molecule is COc1cccc(OC)c1.F[B-](F)(F)F.F[B-](F)(F)F.F[B-](F)(F)F.[H-].[K+]. The molecule has 26 heavy (non-hydrogen) atoms. The molecule has 2 nitrogen and oxygen atoms in total. The number of hydrogen-bond donors (Lipinski definition) is 0. The molecule has 0 saturated carbocycles. The molecule has 18 heteroatoms. The maximum Gasteiger partial charge on any atom is 1.00 e. The van der Waals surface area contributed by atoms with E-state index in [0.717, 1.165) is 11.5 Å². The fraction of sp³-hybridized carbons (Fsp3) is 0.250. The van der Waals surface area contributed by atoms with E-state index < -0.39 is 21.8 Å². The Kier molecular flexibility index (Phi) is 20.3. The Bertz CT molecular complexity index is 394. The maximum absolute atomic E-state index is 9.75. The van der Waals surface area contributed by atoms with Crippen LogP contribution in [-0.2, 0) is 0 Å². The Balaban J connectivity index is -0.0000000831. The summed E-state index contributed by atoms with van der Waals surface area (Å²) < 4.78 is 127. The van der Waals surface area contributed by atoms with Crippen molar-refractivity contribution in [3.63, 3.8) is 0 Å². The van der Waals surface area contributed by atoms with Gasteiger partial charge in [0.05, 0.1) is 14.2 Å². The fourth-order valence-corrected chi connectivity index (χ4v) is 0.728. The van der Waals surface area contributed by atoms with Crippen molar-refractivity contribution in [3.05, 3.63) is 24.3 Å². The minimum absolute atomic E-state index is 0. The van der Waals surface area contributed by atoms with Crippen LogP contribution in [0.4, 0.5) is 51.8 Å². The second-order valence-corrected chi connectivity index (χ2v) is 3.37. The van der Waals surface area contributed by atoms with Gasteiger partial charge in [-0.25, -0.2) is 0 Å². The molecule has 0 aliphatic carbocycles. The molecule has 0 saturated heterocycles. The molecule has 1 aromatic rings. The number of ether oxygens (including phenoxy) is 2. The molecule has 0 amide bonds. The molecule has 0 spiro atoms. The van der Waals surface area contributed by atoms with Gasteiger partial charge >= 0.3 is 73.1 Å². The Morgan fingerprint density at radius 2 is 0.808 bits per heavy atom. The van der Waals surface area contributed by atoms with E-state index in [1.165, 1.54) is 0 Å². The number of hydrogen-bond acceptors (Lipinski definition) is 2. The third-order valence-corrected chi connectivity index (χ3v) is 1.28. The van der Waals surface area contributed by atoms with Gasteiger partial charge in [-0.2, -0.15) is 0 Å². The van der Waals surface area contributed by atoms with Crippen LogP contribution in [0.5, 0.6) is 11.5 Å². The zero-order valence-electron chi connectivity index (χ0n) is 14.4. The van der Waals surface area contributed by atoms with E-state index in [1.807, 2.05) is 24.3 Å². The molecule has 0 N–H and O–H groups in total. The van der Waals surface area contributed by atoms with Crippen molar-refractivity contribution in [1.29, 1.82) is 0 Å². The predicted octanol–water partition coefficient (Wildman–Crippen LogP) is 2.72. The van der Waals surface area contributed by atoms with Gasteiger partial charge in [0.2, 0.25) is 0 Å². The topological polar surface area (TPSA) is 18.5 Å². The molecule has 0 bridgehead atoms. The van der Waals surface area contributed by atoms with Gasteiger partial charge in [0.25, 0.3) is 0 Å². The van der Waals surface area contributed by atoms with Crippen molar-refractivity contribution in [2.45, 2.75) is 0 Å². The first kappa shape index (κ1) is 33.4. The van der Waals surface area contributed by atoms with Crippen LogP contribution >= 0.6 is 0 Å². The monoisotopic (exact) mass is 439 g/mol. The van der Waals surface area contributed by atoms with Gasteiger partial charge in [0.15, 0.2) is 0 Å². The van der Waals surface area contributed by atoms with Gasteiger partial charge in [-0.15, -0.1) is 0 Å². The van der Waals surface area contributed by atoms with Crippen LogP contribution < -0.4 is 60.9 Å². The molecule has 1 aromatic carbocycles. The number of halogens is 12. The third-order valence-electron chi connectivity index (χ3n) is 1.28. The predicted molar refractivity (Wildman–Crippen MR) is 71.2 cm³/mol. The summed E-state index contributed by atoms with van der Waals surface area (Å²) in [5, 5.41) is 0. The van der Waals surface area contributed by atoms with E-state index in [-0.39, 0.29) is 52.8 Å². The summed E-state index contributed by atoms with van der Waals surface area (Å²) in [6.45, 7) is 0. The molecule has 0 aliphatic rings. The van der Waals surface area contributed by atoms with Crippen molar-refractivity contribution in [1.82, 2.24) is 0 Å². The molecular weight excluding hydrogens is 428 g/mol. The molecule has 0 heterocycles. The van der Waals surface area contributed by atoms with Gasteiger partial charge in [-0.3, -0.25) is 0 Å². The normalized spacial score (nSPS) is 10.4. The van der Waals surface area contributed by atoms with Crippen molar-refractivity contribution >= 4 is 21.8 Å². The van der Waals surface area contributed by atoms with Crippen molar-refractivity contribution in [2.75, 3.05) is 14.2 Å². The first-order chi connectivity index (χ1) is 10.9. The standard InChI is InChI=1S/C8H10O2.3BF4.K.H/c1-9-7-4-3-5-8(6-7)10-2;3*2-1(3,4)5;;/h3-6H,1-2H3;;;;;/q;3*-1;+1;-1. The van der Waals surface area contributed by atoms with Gasteiger partial charge in [-0.05, 0) is 12.1 Å². The smallest absolute Gasteiger partial charge is 1.00 e. The van der Waals surface area contributed by atoms with E-state index in [1.54, 1.807) is 14.2 Å². The van der Waals surface area contributed by atoms with Crippen LogP contribution in [0.25, 0.3) is 0 Å². The summed E-state index contributed by atoms with van der Waals surface area (Å²) in [5.41, 5.74) is 0. The van der Waals surface area contributed by atoms with Crippen LogP contribution in [0.3, 0.4) is 0 Å². The average Bonchev–Trinajstić information content (AvgIpc) is 2.33. The molecule has 0 aliphatic heterocycles. The summed E-state index contributed by atoms with van der Waals surface area (Å²) in [6, 6.07) is 7.47. The van der Waals surface area contributed by atoms with Gasteiger partial charge < -0.3 is 62.7 Å².